The Kier molecular flexibility index (Phi) is 6.86. The lowest BCUT2D eigenvalue weighted by Crippen LogP contribution is -2.38. The van der Waals surface area contributed by atoms with Crippen molar-refractivity contribution >= 4 is 17.8 Å². The molecule has 2 aliphatic rings. The number of carboxylic acids is 1. The van der Waals surface area contributed by atoms with E-state index >= 15 is 0 Å². The Balaban J connectivity index is 1.64. The maximum atomic E-state index is 12.1. The third kappa shape index (κ3) is 5.52. The van der Waals surface area contributed by atoms with Gasteiger partial charge in [-0.15, -0.1) is 0 Å². The maximum absolute atomic E-state index is 12.1. The fourth-order valence-corrected chi connectivity index (χ4v) is 3.52. The van der Waals surface area contributed by atoms with E-state index < -0.39 is 5.97 Å². The molecule has 1 aliphatic heterocycles. The molecular formula is C17H28N2O4. The van der Waals surface area contributed by atoms with Crippen LogP contribution in [0.5, 0.6) is 0 Å². The lowest BCUT2D eigenvalue weighted by atomic mass is 9.81. The van der Waals surface area contributed by atoms with E-state index in [1.807, 2.05) is 4.90 Å². The van der Waals surface area contributed by atoms with E-state index in [9.17, 15) is 14.4 Å². The second kappa shape index (κ2) is 8.89. The first-order valence-corrected chi connectivity index (χ1v) is 8.86. The van der Waals surface area contributed by atoms with Gasteiger partial charge in [0.15, 0.2) is 0 Å². The highest BCUT2D eigenvalue weighted by molar-refractivity contribution is 5.81. The fourth-order valence-electron chi connectivity index (χ4n) is 3.52. The molecule has 1 saturated heterocycles. The van der Waals surface area contributed by atoms with Crippen LogP contribution in [0.3, 0.4) is 0 Å². The summed E-state index contributed by atoms with van der Waals surface area (Å²) in [7, 11) is 0. The number of likely N-dealkylation sites (tertiary alicyclic amines) is 1. The molecule has 0 aromatic heterocycles. The zero-order chi connectivity index (χ0) is 16.7. The molecule has 0 aromatic carbocycles. The number of carboxylic acid groups (broad SMARTS) is 1. The highest BCUT2D eigenvalue weighted by atomic mass is 16.4. The predicted octanol–water partition coefficient (Wildman–Crippen LogP) is 1.79. The zero-order valence-electron chi connectivity index (χ0n) is 13.8. The fraction of sp³-hybridized carbons (Fsp3) is 0.824. The molecule has 2 fully saturated rings. The molecule has 0 bridgehead atoms. The quantitative estimate of drug-likeness (QED) is 0.807. The molecule has 0 radical (unpaired) electrons. The van der Waals surface area contributed by atoms with Crippen LogP contribution in [0.4, 0.5) is 0 Å². The third-order valence-corrected chi connectivity index (χ3v) is 5.04. The van der Waals surface area contributed by atoms with Crippen LogP contribution < -0.4 is 5.32 Å². The van der Waals surface area contributed by atoms with Gasteiger partial charge in [-0.3, -0.25) is 14.4 Å². The molecule has 0 spiro atoms. The van der Waals surface area contributed by atoms with Crippen molar-refractivity contribution in [1.82, 2.24) is 10.2 Å². The summed E-state index contributed by atoms with van der Waals surface area (Å²) in [6.45, 7) is 2.06. The van der Waals surface area contributed by atoms with Gasteiger partial charge in [0.25, 0.3) is 0 Å². The van der Waals surface area contributed by atoms with Crippen LogP contribution in [0.1, 0.15) is 57.8 Å². The number of carbonyl (C=O) groups is 3. The zero-order valence-corrected chi connectivity index (χ0v) is 13.8. The van der Waals surface area contributed by atoms with Crippen LogP contribution in [0.15, 0.2) is 0 Å². The molecule has 1 aliphatic carbocycles. The highest BCUT2D eigenvalue weighted by Crippen LogP contribution is 2.28. The summed E-state index contributed by atoms with van der Waals surface area (Å²) < 4.78 is 0. The lowest BCUT2D eigenvalue weighted by Gasteiger charge is -2.25. The van der Waals surface area contributed by atoms with E-state index in [4.69, 9.17) is 5.11 Å². The van der Waals surface area contributed by atoms with Gasteiger partial charge >= 0.3 is 5.97 Å². The molecule has 2 amide bonds. The molecule has 6 nitrogen and oxygen atoms in total. The SMILES string of the molecule is O=C(O)C1CCC(C(=O)NCCC(=O)N2CCCCCC2)CC1. The summed E-state index contributed by atoms with van der Waals surface area (Å²) in [5, 5.41) is 11.8. The van der Waals surface area contributed by atoms with Crippen molar-refractivity contribution in [2.24, 2.45) is 11.8 Å². The highest BCUT2D eigenvalue weighted by Gasteiger charge is 2.29. The van der Waals surface area contributed by atoms with Crippen molar-refractivity contribution in [3.8, 4) is 0 Å². The Hall–Kier alpha value is -1.59. The molecule has 23 heavy (non-hydrogen) atoms. The molecule has 130 valence electrons. The van der Waals surface area contributed by atoms with Gasteiger partial charge in [0.2, 0.25) is 11.8 Å². The second-order valence-electron chi connectivity index (χ2n) is 6.72. The number of nitrogens with zero attached hydrogens (tertiary/aromatic N) is 1. The Morgan fingerprint density at radius 3 is 2.04 bits per heavy atom. The van der Waals surface area contributed by atoms with Gasteiger partial charge in [0.1, 0.15) is 0 Å². The molecule has 0 unspecified atom stereocenters. The maximum Gasteiger partial charge on any atom is 0.306 e. The summed E-state index contributed by atoms with van der Waals surface area (Å²) >= 11 is 0. The van der Waals surface area contributed by atoms with Crippen molar-refractivity contribution in [2.45, 2.75) is 57.8 Å². The summed E-state index contributed by atoms with van der Waals surface area (Å²) in [5.41, 5.74) is 0. The number of hydrogen-bond donors (Lipinski definition) is 2. The molecule has 2 N–H and O–H groups in total. The van der Waals surface area contributed by atoms with Crippen LogP contribution in [-0.4, -0.2) is 47.4 Å². The molecule has 2 rings (SSSR count). The average molecular weight is 324 g/mol. The van der Waals surface area contributed by atoms with E-state index in [1.54, 1.807) is 0 Å². The number of nitrogens with one attached hydrogen (secondary N) is 1. The van der Waals surface area contributed by atoms with E-state index in [1.165, 1.54) is 12.8 Å². The van der Waals surface area contributed by atoms with Gasteiger partial charge in [-0.1, -0.05) is 12.8 Å². The number of rotatable bonds is 5. The predicted molar refractivity (Wildman–Crippen MR) is 85.8 cm³/mol. The van der Waals surface area contributed by atoms with Crippen molar-refractivity contribution in [2.75, 3.05) is 19.6 Å². The van der Waals surface area contributed by atoms with E-state index in [0.29, 0.717) is 38.6 Å². The van der Waals surface area contributed by atoms with Gasteiger partial charge in [0.05, 0.1) is 5.92 Å². The molecule has 0 aromatic rings. The van der Waals surface area contributed by atoms with E-state index in [2.05, 4.69) is 5.32 Å². The van der Waals surface area contributed by atoms with Crippen LogP contribution >= 0.6 is 0 Å². The summed E-state index contributed by atoms with van der Waals surface area (Å²) in [5.74, 6) is -1.06. The Morgan fingerprint density at radius 2 is 1.48 bits per heavy atom. The van der Waals surface area contributed by atoms with Crippen LogP contribution in [0.2, 0.25) is 0 Å². The van der Waals surface area contributed by atoms with Gasteiger partial charge in [-0.05, 0) is 38.5 Å². The van der Waals surface area contributed by atoms with Crippen molar-refractivity contribution in [3.05, 3.63) is 0 Å². The number of aliphatic carboxylic acids is 1. The third-order valence-electron chi connectivity index (χ3n) is 5.04. The Labute approximate surface area is 137 Å². The molecule has 0 atom stereocenters. The van der Waals surface area contributed by atoms with E-state index in [-0.39, 0.29) is 23.7 Å². The topological polar surface area (TPSA) is 86.7 Å². The van der Waals surface area contributed by atoms with Crippen molar-refractivity contribution in [1.29, 1.82) is 0 Å². The molecular weight excluding hydrogens is 296 g/mol. The van der Waals surface area contributed by atoms with E-state index in [0.717, 1.165) is 25.9 Å². The number of amides is 2. The number of hydrogen-bond acceptors (Lipinski definition) is 3. The first-order valence-electron chi connectivity index (χ1n) is 8.86. The summed E-state index contributed by atoms with van der Waals surface area (Å²) in [6.07, 6.45) is 7.29. The standard InChI is InChI=1S/C17H28N2O4/c20-15(19-11-3-1-2-4-12-19)9-10-18-16(21)13-5-7-14(8-6-13)17(22)23/h13-14H,1-12H2,(H,18,21)(H,22,23). The summed E-state index contributed by atoms with van der Waals surface area (Å²) in [6, 6.07) is 0. The van der Waals surface area contributed by atoms with Gasteiger partial charge in [0, 0.05) is 32.0 Å². The second-order valence-corrected chi connectivity index (χ2v) is 6.72. The van der Waals surface area contributed by atoms with Gasteiger partial charge in [-0.25, -0.2) is 0 Å². The minimum atomic E-state index is -0.757. The molecule has 6 heteroatoms. The first-order chi connectivity index (χ1) is 11.1. The number of carbonyl (C=O) groups excluding carboxylic acids is 2. The monoisotopic (exact) mass is 324 g/mol. The minimum Gasteiger partial charge on any atom is -0.481 e. The average Bonchev–Trinajstić information content (AvgIpc) is 2.84. The lowest BCUT2D eigenvalue weighted by molar-refractivity contribution is -0.144. The largest absolute Gasteiger partial charge is 0.481 e. The van der Waals surface area contributed by atoms with Gasteiger partial charge in [-0.2, -0.15) is 0 Å². The van der Waals surface area contributed by atoms with Crippen molar-refractivity contribution < 1.29 is 19.5 Å². The summed E-state index contributed by atoms with van der Waals surface area (Å²) in [4.78, 5) is 37.1. The van der Waals surface area contributed by atoms with Gasteiger partial charge < -0.3 is 15.3 Å². The minimum absolute atomic E-state index is 0.0301. The molecule has 1 saturated carbocycles. The Bertz CT molecular complexity index is 422. The van der Waals surface area contributed by atoms with Crippen molar-refractivity contribution in [3.63, 3.8) is 0 Å². The normalized spacial score (nSPS) is 25.5. The Morgan fingerprint density at radius 1 is 0.913 bits per heavy atom. The smallest absolute Gasteiger partial charge is 0.306 e. The van der Waals surface area contributed by atoms with Crippen LogP contribution in [0.25, 0.3) is 0 Å². The molecule has 1 heterocycles. The first kappa shape index (κ1) is 17.8. The van der Waals surface area contributed by atoms with Crippen LogP contribution in [-0.2, 0) is 14.4 Å². The van der Waals surface area contributed by atoms with Crippen LogP contribution in [0, 0.1) is 11.8 Å².